The largest absolute Gasteiger partial charge is 0.449 e. The molecular formula is C13H18N2O2. The number of aliphatic hydroxyl groups is 1. The van der Waals surface area contributed by atoms with Gasteiger partial charge in [0.15, 0.2) is 0 Å². The highest BCUT2D eigenvalue weighted by molar-refractivity contribution is 5.18. The molecule has 1 saturated carbocycles. The first-order chi connectivity index (χ1) is 8.33. The van der Waals surface area contributed by atoms with Crippen LogP contribution in [0.25, 0.3) is 0 Å². The molecule has 2 unspecified atom stereocenters. The number of furan rings is 1. The van der Waals surface area contributed by atoms with Crippen LogP contribution in [0.15, 0.2) is 16.5 Å². The Morgan fingerprint density at radius 3 is 2.94 bits per heavy atom. The van der Waals surface area contributed by atoms with Crippen LogP contribution in [0.2, 0.25) is 0 Å². The highest BCUT2D eigenvalue weighted by Gasteiger charge is 2.25. The van der Waals surface area contributed by atoms with Gasteiger partial charge in [0.1, 0.15) is 11.8 Å². The quantitative estimate of drug-likeness (QED) is 0.812. The second-order valence-electron chi connectivity index (χ2n) is 4.64. The van der Waals surface area contributed by atoms with Crippen LogP contribution in [0.1, 0.15) is 30.8 Å². The highest BCUT2D eigenvalue weighted by Crippen LogP contribution is 2.30. The van der Waals surface area contributed by atoms with Gasteiger partial charge in [-0.05, 0) is 43.4 Å². The summed E-state index contributed by atoms with van der Waals surface area (Å²) in [5.74, 6) is 2.18. The number of nitrogens with zero attached hydrogens (tertiary/aromatic N) is 1. The van der Waals surface area contributed by atoms with Crippen LogP contribution in [0, 0.1) is 23.2 Å². The zero-order valence-corrected chi connectivity index (χ0v) is 9.85. The first-order valence-corrected chi connectivity index (χ1v) is 6.14. The maximum absolute atomic E-state index is 9.21. The SMILES string of the molecule is N#Cc1ccc(CNCC2CCCC2CO)o1. The first kappa shape index (κ1) is 12.2. The average Bonchev–Trinajstić information content (AvgIpc) is 2.97. The molecule has 0 radical (unpaired) electrons. The molecule has 1 fully saturated rings. The molecule has 0 aliphatic heterocycles. The third kappa shape index (κ3) is 3.09. The number of hydrogen-bond acceptors (Lipinski definition) is 4. The maximum Gasteiger partial charge on any atom is 0.203 e. The minimum atomic E-state index is 0.297. The normalized spacial score (nSPS) is 23.8. The maximum atomic E-state index is 9.21. The molecule has 0 spiro atoms. The molecule has 4 nitrogen and oxygen atoms in total. The zero-order chi connectivity index (χ0) is 12.1. The fourth-order valence-electron chi connectivity index (χ4n) is 2.54. The second-order valence-corrected chi connectivity index (χ2v) is 4.64. The summed E-state index contributed by atoms with van der Waals surface area (Å²) in [5.41, 5.74) is 0. The summed E-state index contributed by atoms with van der Waals surface area (Å²) in [6.07, 6.45) is 3.55. The first-order valence-electron chi connectivity index (χ1n) is 6.14. The molecule has 1 aliphatic rings. The van der Waals surface area contributed by atoms with Crippen molar-refractivity contribution < 1.29 is 9.52 Å². The molecule has 2 atom stereocenters. The van der Waals surface area contributed by atoms with Crippen molar-refractivity contribution in [2.75, 3.05) is 13.2 Å². The number of aliphatic hydroxyl groups excluding tert-OH is 1. The van der Waals surface area contributed by atoms with Gasteiger partial charge in [-0.3, -0.25) is 0 Å². The minimum absolute atomic E-state index is 0.297. The van der Waals surface area contributed by atoms with E-state index in [9.17, 15) is 5.11 Å². The van der Waals surface area contributed by atoms with Gasteiger partial charge in [-0.1, -0.05) is 6.42 Å². The Labute approximate surface area is 101 Å². The molecule has 1 aliphatic carbocycles. The average molecular weight is 234 g/mol. The summed E-state index contributed by atoms with van der Waals surface area (Å²) < 4.78 is 5.28. The van der Waals surface area contributed by atoms with Gasteiger partial charge >= 0.3 is 0 Å². The van der Waals surface area contributed by atoms with Gasteiger partial charge in [-0.15, -0.1) is 0 Å². The summed E-state index contributed by atoms with van der Waals surface area (Å²) in [6, 6.07) is 5.47. The van der Waals surface area contributed by atoms with Crippen LogP contribution in [0.4, 0.5) is 0 Å². The molecule has 17 heavy (non-hydrogen) atoms. The summed E-state index contributed by atoms with van der Waals surface area (Å²) in [6.45, 7) is 1.86. The fraction of sp³-hybridized carbons (Fsp3) is 0.615. The lowest BCUT2D eigenvalue weighted by Gasteiger charge is -2.17. The van der Waals surface area contributed by atoms with E-state index in [1.54, 1.807) is 6.07 Å². The predicted octanol–water partition coefficient (Wildman–Crippen LogP) is 1.65. The van der Waals surface area contributed by atoms with Gasteiger partial charge in [-0.25, -0.2) is 0 Å². The molecule has 0 bridgehead atoms. The summed E-state index contributed by atoms with van der Waals surface area (Å²) >= 11 is 0. The summed E-state index contributed by atoms with van der Waals surface area (Å²) in [4.78, 5) is 0. The Hall–Kier alpha value is -1.31. The predicted molar refractivity (Wildman–Crippen MR) is 63.0 cm³/mol. The Balaban J connectivity index is 1.74. The van der Waals surface area contributed by atoms with Crippen molar-refractivity contribution in [3.8, 4) is 6.07 Å². The van der Waals surface area contributed by atoms with Gasteiger partial charge in [0, 0.05) is 6.61 Å². The van der Waals surface area contributed by atoms with Gasteiger partial charge in [0.05, 0.1) is 6.54 Å². The van der Waals surface area contributed by atoms with Crippen LogP contribution in [-0.2, 0) is 6.54 Å². The van der Waals surface area contributed by atoms with Crippen LogP contribution < -0.4 is 5.32 Å². The number of nitrogens with one attached hydrogen (secondary N) is 1. The van der Waals surface area contributed by atoms with Crippen LogP contribution >= 0.6 is 0 Å². The van der Waals surface area contributed by atoms with E-state index in [2.05, 4.69) is 5.32 Å². The Morgan fingerprint density at radius 1 is 1.41 bits per heavy atom. The van der Waals surface area contributed by atoms with Gasteiger partial charge in [0.2, 0.25) is 5.76 Å². The van der Waals surface area contributed by atoms with E-state index in [4.69, 9.17) is 9.68 Å². The Bertz CT molecular complexity index is 394. The van der Waals surface area contributed by atoms with Crippen LogP contribution in [0.3, 0.4) is 0 Å². The molecule has 92 valence electrons. The van der Waals surface area contributed by atoms with Crippen molar-refractivity contribution >= 4 is 0 Å². The molecule has 2 N–H and O–H groups in total. The van der Waals surface area contributed by atoms with E-state index < -0.39 is 0 Å². The standard InChI is InChI=1S/C13H18N2O2/c14-6-12-4-5-13(17-12)8-15-7-10-2-1-3-11(10)9-16/h4-5,10-11,15-16H,1-3,7-9H2. The van der Waals surface area contributed by atoms with E-state index in [1.165, 1.54) is 12.8 Å². The number of nitriles is 1. The van der Waals surface area contributed by atoms with Crippen molar-refractivity contribution in [3.05, 3.63) is 23.7 Å². The molecule has 1 aromatic rings. The molecule has 1 aromatic heterocycles. The second kappa shape index (κ2) is 5.85. The van der Waals surface area contributed by atoms with E-state index in [0.29, 0.717) is 30.7 Å². The van der Waals surface area contributed by atoms with E-state index in [-0.39, 0.29) is 0 Å². The summed E-state index contributed by atoms with van der Waals surface area (Å²) in [7, 11) is 0. The number of hydrogen-bond donors (Lipinski definition) is 2. The van der Waals surface area contributed by atoms with Crippen LogP contribution in [0.5, 0.6) is 0 Å². The van der Waals surface area contributed by atoms with Gasteiger partial charge in [-0.2, -0.15) is 5.26 Å². The molecule has 0 aromatic carbocycles. The molecule has 1 heterocycles. The Morgan fingerprint density at radius 2 is 2.24 bits per heavy atom. The third-order valence-electron chi connectivity index (χ3n) is 3.53. The molecule has 2 rings (SSSR count). The van der Waals surface area contributed by atoms with Crippen molar-refractivity contribution in [1.82, 2.24) is 5.32 Å². The van der Waals surface area contributed by atoms with E-state index in [1.807, 2.05) is 12.1 Å². The monoisotopic (exact) mass is 234 g/mol. The lowest BCUT2D eigenvalue weighted by molar-refractivity contribution is 0.192. The van der Waals surface area contributed by atoms with Crippen LogP contribution in [-0.4, -0.2) is 18.3 Å². The van der Waals surface area contributed by atoms with Crippen molar-refractivity contribution in [3.63, 3.8) is 0 Å². The third-order valence-corrected chi connectivity index (χ3v) is 3.53. The number of rotatable bonds is 5. The topological polar surface area (TPSA) is 69.2 Å². The van der Waals surface area contributed by atoms with Crippen molar-refractivity contribution in [2.24, 2.45) is 11.8 Å². The van der Waals surface area contributed by atoms with Crippen molar-refractivity contribution in [2.45, 2.75) is 25.8 Å². The molecular weight excluding hydrogens is 216 g/mol. The fourth-order valence-corrected chi connectivity index (χ4v) is 2.54. The lowest BCUT2D eigenvalue weighted by atomic mass is 9.97. The van der Waals surface area contributed by atoms with Gasteiger partial charge < -0.3 is 14.8 Å². The minimum Gasteiger partial charge on any atom is -0.449 e. The van der Waals surface area contributed by atoms with Gasteiger partial charge in [0.25, 0.3) is 0 Å². The highest BCUT2D eigenvalue weighted by atomic mass is 16.3. The van der Waals surface area contributed by atoms with E-state index in [0.717, 1.165) is 18.7 Å². The summed E-state index contributed by atoms with van der Waals surface area (Å²) in [5, 5.41) is 21.2. The zero-order valence-electron chi connectivity index (χ0n) is 9.85. The molecule has 0 saturated heterocycles. The molecule has 4 heteroatoms. The van der Waals surface area contributed by atoms with E-state index >= 15 is 0 Å². The Kier molecular flexibility index (Phi) is 4.18. The van der Waals surface area contributed by atoms with Crippen molar-refractivity contribution in [1.29, 1.82) is 5.26 Å². The molecule has 0 amide bonds. The smallest absolute Gasteiger partial charge is 0.203 e. The lowest BCUT2D eigenvalue weighted by Crippen LogP contribution is -2.26.